The highest BCUT2D eigenvalue weighted by Gasteiger charge is 2.35. The van der Waals surface area contributed by atoms with E-state index in [1.165, 1.54) is 11.1 Å². The molecule has 2 saturated heterocycles. The topological polar surface area (TPSA) is 36.0 Å². The summed E-state index contributed by atoms with van der Waals surface area (Å²) in [4.78, 5) is 19.5. The van der Waals surface area contributed by atoms with E-state index in [1.54, 1.807) is 7.11 Å². The molecule has 0 aromatic heterocycles. The Labute approximate surface area is 201 Å². The number of benzene rings is 3. The van der Waals surface area contributed by atoms with Gasteiger partial charge in [-0.05, 0) is 41.0 Å². The number of amides is 1. The van der Waals surface area contributed by atoms with Crippen molar-refractivity contribution in [3.63, 3.8) is 0 Å². The Bertz CT molecular complexity index is 1130. The van der Waals surface area contributed by atoms with Crippen LogP contribution in [0.5, 0.6) is 5.75 Å². The fourth-order valence-corrected chi connectivity index (χ4v) is 4.78. The van der Waals surface area contributed by atoms with E-state index in [0.717, 1.165) is 61.8 Å². The second-order valence-electron chi connectivity index (χ2n) is 9.01. The fraction of sp³-hybridized carbons (Fsp3) is 0.276. The minimum absolute atomic E-state index is 0.141. The maximum Gasteiger partial charge on any atom is 0.253 e. The summed E-state index contributed by atoms with van der Waals surface area (Å²) in [6.07, 6.45) is 0. The van der Waals surface area contributed by atoms with Crippen LogP contribution in [0.2, 0.25) is 0 Å². The normalized spacial score (nSPS) is 16.7. The molecule has 174 valence electrons. The first kappa shape index (κ1) is 22.2. The summed E-state index contributed by atoms with van der Waals surface area (Å²) in [5.41, 5.74) is 5.37. The number of nitrogens with zero attached hydrogens (tertiary/aromatic N) is 3. The van der Waals surface area contributed by atoms with Gasteiger partial charge in [-0.2, -0.15) is 0 Å². The van der Waals surface area contributed by atoms with Crippen molar-refractivity contribution < 1.29 is 9.53 Å². The van der Waals surface area contributed by atoms with E-state index in [-0.39, 0.29) is 5.91 Å². The van der Waals surface area contributed by atoms with Gasteiger partial charge in [0.15, 0.2) is 0 Å². The van der Waals surface area contributed by atoms with E-state index in [1.807, 2.05) is 47.4 Å². The number of piperazine rings is 1. The number of methoxy groups -OCH3 is 1. The number of ether oxygens (including phenoxy) is 1. The monoisotopic (exact) mass is 453 g/mol. The van der Waals surface area contributed by atoms with Crippen molar-refractivity contribution in [2.45, 2.75) is 6.04 Å². The Hall–Kier alpha value is -3.57. The fourth-order valence-electron chi connectivity index (χ4n) is 4.78. The van der Waals surface area contributed by atoms with Crippen molar-refractivity contribution in [1.82, 2.24) is 14.7 Å². The van der Waals surface area contributed by atoms with Gasteiger partial charge in [-0.1, -0.05) is 61.2 Å². The summed E-state index contributed by atoms with van der Waals surface area (Å²) in [6.45, 7) is 9.78. The summed E-state index contributed by atoms with van der Waals surface area (Å²) in [6, 6.07) is 26.9. The van der Waals surface area contributed by atoms with Crippen molar-refractivity contribution >= 4 is 11.6 Å². The van der Waals surface area contributed by atoms with Crippen molar-refractivity contribution in [2.24, 2.45) is 0 Å². The van der Waals surface area contributed by atoms with Gasteiger partial charge < -0.3 is 14.5 Å². The second-order valence-corrected chi connectivity index (χ2v) is 9.01. The second kappa shape index (κ2) is 9.74. The van der Waals surface area contributed by atoms with E-state index in [4.69, 9.17) is 4.74 Å². The first-order valence-electron chi connectivity index (χ1n) is 11.9. The molecule has 0 radical (unpaired) electrons. The summed E-state index contributed by atoms with van der Waals surface area (Å²) in [7, 11) is 1.68. The van der Waals surface area contributed by atoms with Gasteiger partial charge in [0.25, 0.3) is 5.91 Å². The smallest absolute Gasteiger partial charge is 0.253 e. The molecule has 1 amide bonds. The predicted octanol–water partition coefficient (Wildman–Crippen LogP) is 4.48. The number of carbonyl (C=O) groups excluding carboxylic acids is 1. The average molecular weight is 454 g/mol. The third kappa shape index (κ3) is 4.57. The Morgan fingerprint density at radius 3 is 1.94 bits per heavy atom. The predicted molar refractivity (Wildman–Crippen MR) is 137 cm³/mol. The maximum absolute atomic E-state index is 12.7. The standard InChI is InChI=1S/C29H31N3O2/c1-22(23-8-10-24(11-9-23)25-12-14-28(34-2)15-13-25)32-20-27(21-32)30-16-18-31(19-17-30)29(33)26-6-4-3-5-7-26/h3-15,27H,1,16-21H2,2H3. The summed E-state index contributed by atoms with van der Waals surface area (Å²) in [5.74, 6) is 1.01. The molecule has 34 heavy (non-hydrogen) atoms. The molecule has 0 bridgehead atoms. The SMILES string of the molecule is C=C(c1ccc(-c2ccc(OC)cc2)cc1)N1CC(N2CCN(C(=O)c3ccccc3)CC2)C1. The molecular formula is C29H31N3O2. The maximum atomic E-state index is 12.7. The summed E-state index contributed by atoms with van der Waals surface area (Å²) in [5, 5.41) is 0. The highest BCUT2D eigenvalue weighted by atomic mass is 16.5. The van der Waals surface area contributed by atoms with Crippen LogP contribution in [0.1, 0.15) is 15.9 Å². The molecule has 0 aliphatic carbocycles. The van der Waals surface area contributed by atoms with Crippen LogP contribution in [0, 0.1) is 0 Å². The van der Waals surface area contributed by atoms with Gasteiger partial charge >= 0.3 is 0 Å². The van der Waals surface area contributed by atoms with Crippen molar-refractivity contribution in [3.05, 3.63) is 96.6 Å². The van der Waals surface area contributed by atoms with Crippen molar-refractivity contribution in [2.75, 3.05) is 46.4 Å². The zero-order valence-electron chi connectivity index (χ0n) is 19.7. The third-order valence-corrected chi connectivity index (χ3v) is 7.02. The first-order valence-corrected chi connectivity index (χ1v) is 11.9. The van der Waals surface area contributed by atoms with Gasteiger partial charge in [0, 0.05) is 56.6 Å². The van der Waals surface area contributed by atoms with E-state index < -0.39 is 0 Å². The first-order chi connectivity index (χ1) is 16.6. The van der Waals surface area contributed by atoms with Crippen molar-refractivity contribution in [1.29, 1.82) is 0 Å². The van der Waals surface area contributed by atoms with Gasteiger partial charge in [0.1, 0.15) is 5.75 Å². The Morgan fingerprint density at radius 1 is 0.765 bits per heavy atom. The van der Waals surface area contributed by atoms with Crippen molar-refractivity contribution in [3.8, 4) is 16.9 Å². The molecule has 5 nitrogen and oxygen atoms in total. The lowest BCUT2D eigenvalue weighted by Crippen LogP contribution is -2.62. The molecule has 3 aromatic carbocycles. The molecule has 2 aliphatic rings. The van der Waals surface area contributed by atoms with Crippen LogP contribution in [0.3, 0.4) is 0 Å². The zero-order valence-corrected chi connectivity index (χ0v) is 19.7. The minimum atomic E-state index is 0.141. The molecule has 2 heterocycles. The Morgan fingerprint density at radius 2 is 1.35 bits per heavy atom. The van der Waals surface area contributed by atoms with Gasteiger partial charge in [-0.25, -0.2) is 0 Å². The molecule has 5 heteroatoms. The highest BCUT2D eigenvalue weighted by molar-refractivity contribution is 5.94. The molecule has 2 aliphatic heterocycles. The molecular weight excluding hydrogens is 422 g/mol. The largest absolute Gasteiger partial charge is 0.497 e. The highest BCUT2D eigenvalue weighted by Crippen LogP contribution is 2.29. The van der Waals surface area contributed by atoms with Crippen LogP contribution in [0.25, 0.3) is 16.8 Å². The molecule has 3 aromatic rings. The van der Waals surface area contributed by atoms with Crippen LogP contribution in [-0.2, 0) is 0 Å². The molecule has 0 atom stereocenters. The number of likely N-dealkylation sites (tertiary alicyclic amines) is 1. The van der Waals surface area contributed by atoms with Gasteiger partial charge in [0.2, 0.25) is 0 Å². The number of hydrogen-bond donors (Lipinski definition) is 0. The van der Waals surface area contributed by atoms with Crippen LogP contribution < -0.4 is 4.74 Å². The van der Waals surface area contributed by atoms with E-state index in [9.17, 15) is 4.79 Å². The van der Waals surface area contributed by atoms with E-state index >= 15 is 0 Å². The lowest BCUT2D eigenvalue weighted by Gasteiger charge is -2.49. The summed E-state index contributed by atoms with van der Waals surface area (Å²) >= 11 is 0. The lowest BCUT2D eigenvalue weighted by molar-refractivity contribution is 0.0283. The summed E-state index contributed by atoms with van der Waals surface area (Å²) < 4.78 is 5.25. The number of carbonyl (C=O) groups is 1. The third-order valence-electron chi connectivity index (χ3n) is 7.02. The van der Waals surface area contributed by atoms with E-state index in [0.29, 0.717) is 6.04 Å². The minimum Gasteiger partial charge on any atom is -0.497 e. The van der Waals surface area contributed by atoms with Crippen LogP contribution in [0.15, 0.2) is 85.4 Å². The average Bonchev–Trinajstić information content (AvgIpc) is 2.88. The number of rotatable bonds is 6. The molecule has 0 N–H and O–H groups in total. The molecule has 5 rings (SSSR count). The van der Waals surface area contributed by atoms with Crippen LogP contribution in [-0.4, -0.2) is 73.0 Å². The quantitative estimate of drug-likeness (QED) is 0.552. The molecule has 2 fully saturated rings. The van der Waals surface area contributed by atoms with Gasteiger partial charge in [0.05, 0.1) is 7.11 Å². The molecule has 0 saturated carbocycles. The Kier molecular flexibility index (Phi) is 6.37. The van der Waals surface area contributed by atoms with Crippen LogP contribution >= 0.6 is 0 Å². The van der Waals surface area contributed by atoms with Gasteiger partial charge in [-0.3, -0.25) is 9.69 Å². The number of hydrogen-bond acceptors (Lipinski definition) is 4. The molecule has 0 spiro atoms. The lowest BCUT2D eigenvalue weighted by atomic mass is 9.99. The van der Waals surface area contributed by atoms with Gasteiger partial charge in [-0.15, -0.1) is 0 Å². The van der Waals surface area contributed by atoms with E-state index in [2.05, 4.69) is 52.8 Å². The van der Waals surface area contributed by atoms with Crippen LogP contribution in [0.4, 0.5) is 0 Å². The Balaban J connectivity index is 1.11. The molecule has 0 unspecified atom stereocenters. The zero-order chi connectivity index (χ0) is 23.5.